The van der Waals surface area contributed by atoms with E-state index in [2.05, 4.69) is 0 Å². The third-order valence-electron chi connectivity index (χ3n) is 2.62. The molecule has 2 aromatic rings. The first-order chi connectivity index (χ1) is 8.50. The Balaban J connectivity index is 2.51. The van der Waals surface area contributed by atoms with E-state index in [0.29, 0.717) is 16.4 Å². The van der Waals surface area contributed by atoms with Crippen molar-refractivity contribution in [1.29, 1.82) is 0 Å². The van der Waals surface area contributed by atoms with E-state index in [1.165, 1.54) is 17.0 Å². The van der Waals surface area contributed by atoms with Crippen molar-refractivity contribution in [3.05, 3.63) is 53.1 Å². The van der Waals surface area contributed by atoms with Crippen LogP contribution in [0.1, 0.15) is 0 Å². The third-order valence-corrected chi connectivity index (χ3v) is 2.93. The van der Waals surface area contributed by atoms with Crippen LogP contribution < -0.4 is 10.6 Å². The minimum Gasteiger partial charge on any atom is -0.397 e. The van der Waals surface area contributed by atoms with E-state index in [1.54, 1.807) is 25.2 Å². The van der Waals surface area contributed by atoms with Crippen LogP contribution in [0.15, 0.2) is 36.4 Å². The van der Waals surface area contributed by atoms with Gasteiger partial charge in [-0.2, -0.15) is 0 Å². The standard InChI is InChI=1S/C13H11ClF2N2/c1-18(12-6-5-8(15)7-10(12)16)13-9(14)3-2-4-11(13)17/h2-7H,17H2,1H3. The molecule has 0 radical (unpaired) electrons. The van der Waals surface area contributed by atoms with Gasteiger partial charge in [-0.15, -0.1) is 0 Å². The fourth-order valence-electron chi connectivity index (χ4n) is 1.76. The van der Waals surface area contributed by atoms with Crippen LogP contribution in [0.25, 0.3) is 0 Å². The molecule has 0 aromatic heterocycles. The van der Waals surface area contributed by atoms with E-state index >= 15 is 0 Å². The largest absolute Gasteiger partial charge is 0.397 e. The van der Waals surface area contributed by atoms with Crippen molar-refractivity contribution < 1.29 is 8.78 Å². The topological polar surface area (TPSA) is 29.3 Å². The normalized spacial score (nSPS) is 10.4. The quantitative estimate of drug-likeness (QED) is 0.835. The van der Waals surface area contributed by atoms with Crippen LogP contribution in [-0.4, -0.2) is 7.05 Å². The van der Waals surface area contributed by atoms with Crippen molar-refractivity contribution in [1.82, 2.24) is 0 Å². The number of para-hydroxylation sites is 1. The van der Waals surface area contributed by atoms with Gasteiger partial charge in [0.1, 0.15) is 11.6 Å². The van der Waals surface area contributed by atoms with Crippen LogP contribution >= 0.6 is 11.6 Å². The zero-order chi connectivity index (χ0) is 13.3. The van der Waals surface area contributed by atoms with Gasteiger partial charge >= 0.3 is 0 Å². The number of anilines is 3. The molecular weight excluding hydrogens is 258 g/mol. The number of benzene rings is 2. The highest BCUT2D eigenvalue weighted by Gasteiger charge is 2.15. The summed E-state index contributed by atoms with van der Waals surface area (Å²) in [6.45, 7) is 0. The van der Waals surface area contributed by atoms with Crippen LogP contribution in [-0.2, 0) is 0 Å². The number of rotatable bonds is 2. The summed E-state index contributed by atoms with van der Waals surface area (Å²) in [6, 6.07) is 8.37. The number of halogens is 3. The number of hydrogen-bond donors (Lipinski definition) is 1. The summed E-state index contributed by atoms with van der Waals surface area (Å²) < 4.78 is 26.5. The third kappa shape index (κ3) is 2.24. The second-order valence-electron chi connectivity index (χ2n) is 3.83. The molecule has 2 aromatic carbocycles. The first kappa shape index (κ1) is 12.6. The molecule has 18 heavy (non-hydrogen) atoms. The van der Waals surface area contributed by atoms with Gasteiger partial charge in [-0.1, -0.05) is 17.7 Å². The van der Waals surface area contributed by atoms with Gasteiger partial charge in [0.25, 0.3) is 0 Å². The average Bonchev–Trinajstić information content (AvgIpc) is 2.28. The van der Waals surface area contributed by atoms with Crippen molar-refractivity contribution >= 4 is 28.7 Å². The Hall–Kier alpha value is -1.81. The second kappa shape index (κ2) is 4.82. The summed E-state index contributed by atoms with van der Waals surface area (Å²) in [6.07, 6.45) is 0. The molecule has 2 rings (SSSR count). The van der Waals surface area contributed by atoms with Gasteiger partial charge in [-0.25, -0.2) is 8.78 Å². The molecule has 0 amide bonds. The lowest BCUT2D eigenvalue weighted by Crippen LogP contribution is -2.13. The summed E-state index contributed by atoms with van der Waals surface area (Å²) in [7, 11) is 1.62. The molecule has 0 unspecified atom stereocenters. The first-order valence-electron chi connectivity index (χ1n) is 5.23. The summed E-state index contributed by atoms with van der Waals surface area (Å²) in [5, 5.41) is 0.404. The van der Waals surface area contributed by atoms with Crippen LogP contribution in [0.2, 0.25) is 5.02 Å². The number of nitrogen functional groups attached to an aromatic ring is 1. The second-order valence-corrected chi connectivity index (χ2v) is 4.24. The Morgan fingerprint density at radius 3 is 2.50 bits per heavy atom. The van der Waals surface area contributed by atoms with Gasteiger partial charge < -0.3 is 10.6 Å². The zero-order valence-corrected chi connectivity index (χ0v) is 10.4. The van der Waals surface area contributed by atoms with Crippen molar-refractivity contribution in [3.63, 3.8) is 0 Å². The Bertz CT molecular complexity index is 567. The first-order valence-corrected chi connectivity index (χ1v) is 5.61. The minimum absolute atomic E-state index is 0.205. The molecule has 0 saturated heterocycles. The van der Waals surface area contributed by atoms with E-state index < -0.39 is 11.6 Å². The molecule has 0 heterocycles. The van der Waals surface area contributed by atoms with Gasteiger partial charge in [-0.05, 0) is 24.3 Å². The highest BCUT2D eigenvalue weighted by atomic mass is 35.5. The molecule has 0 aliphatic carbocycles. The maximum atomic E-state index is 13.7. The molecule has 2 N–H and O–H groups in total. The summed E-state index contributed by atoms with van der Waals surface area (Å²) in [4.78, 5) is 1.49. The molecule has 0 fully saturated rings. The Morgan fingerprint density at radius 2 is 1.89 bits per heavy atom. The fourth-order valence-corrected chi connectivity index (χ4v) is 2.07. The minimum atomic E-state index is -0.670. The van der Waals surface area contributed by atoms with E-state index in [4.69, 9.17) is 17.3 Å². The maximum absolute atomic E-state index is 13.7. The molecule has 0 saturated carbocycles. The van der Waals surface area contributed by atoms with Gasteiger partial charge in [-0.3, -0.25) is 0 Å². The van der Waals surface area contributed by atoms with Crippen molar-refractivity contribution in [2.75, 3.05) is 17.7 Å². The Morgan fingerprint density at radius 1 is 1.17 bits per heavy atom. The van der Waals surface area contributed by atoms with Crippen molar-refractivity contribution in [3.8, 4) is 0 Å². The zero-order valence-electron chi connectivity index (χ0n) is 9.62. The monoisotopic (exact) mass is 268 g/mol. The van der Waals surface area contributed by atoms with Gasteiger partial charge in [0.05, 0.1) is 22.1 Å². The molecule has 94 valence electrons. The number of nitrogens with zero attached hydrogens (tertiary/aromatic N) is 1. The maximum Gasteiger partial charge on any atom is 0.149 e. The molecule has 0 atom stereocenters. The highest BCUT2D eigenvalue weighted by molar-refractivity contribution is 6.34. The summed E-state index contributed by atoms with van der Waals surface area (Å²) in [5.74, 6) is -1.30. The van der Waals surface area contributed by atoms with Gasteiger partial charge in [0.2, 0.25) is 0 Å². The van der Waals surface area contributed by atoms with E-state index in [9.17, 15) is 8.78 Å². The number of hydrogen-bond acceptors (Lipinski definition) is 2. The van der Waals surface area contributed by atoms with Crippen LogP contribution in [0.3, 0.4) is 0 Å². The molecule has 2 nitrogen and oxygen atoms in total. The lowest BCUT2D eigenvalue weighted by atomic mass is 10.2. The van der Waals surface area contributed by atoms with E-state index in [0.717, 1.165) is 6.07 Å². The van der Waals surface area contributed by atoms with E-state index in [1.807, 2.05) is 0 Å². The van der Waals surface area contributed by atoms with Crippen LogP contribution in [0.4, 0.5) is 25.8 Å². The summed E-state index contributed by atoms with van der Waals surface area (Å²) in [5.41, 5.74) is 6.94. The van der Waals surface area contributed by atoms with Crippen LogP contribution in [0, 0.1) is 11.6 Å². The molecule has 0 bridgehead atoms. The average molecular weight is 269 g/mol. The van der Waals surface area contributed by atoms with Crippen molar-refractivity contribution in [2.24, 2.45) is 0 Å². The molecular formula is C13H11ClF2N2. The van der Waals surface area contributed by atoms with Gasteiger partial charge in [0, 0.05) is 13.1 Å². The predicted octanol–water partition coefficient (Wildman–Crippen LogP) is 3.97. The predicted molar refractivity (Wildman–Crippen MR) is 70.3 cm³/mol. The van der Waals surface area contributed by atoms with E-state index in [-0.39, 0.29) is 5.69 Å². The summed E-state index contributed by atoms with van der Waals surface area (Å²) >= 11 is 6.04. The SMILES string of the molecule is CN(c1ccc(F)cc1F)c1c(N)cccc1Cl. The lowest BCUT2D eigenvalue weighted by Gasteiger charge is -2.22. The smallest absolute Gasteiger partial charge is 0.149 e. The molecule has 0 aliphatic heterocycles. The molecule has 0 spiro atoms. The Kier molecular flexibility index (Phi) is 3.39. The van der Waals surface area contributed by atoms with Gasteiger partial charge in [0.15, 0.2) is 0 Å². The van der Waals surface area contributed by atoms with Crippen LogP contribution in [0.5, 0.6) is 0 Å². The number of nitrogens with two attached hydrogens (primary N) is 1. The van der Waals surface area contributed by atoms with Crippen molar-refractivity contribution in [2.45, 2.75) is 0 Å². The Labute approximate surface area is 109 Å². The fraction of sp³-hybridized carbons (Fsp3) is 0.0769. The lowest BCUT2D eigenvalue weighted by molar-refractivity contribution is 0.583. The molecule has 5 heteroatoms. The molecule has 0 aliphatic rings. The highest BCUT2D eigenvalue weighted by Crippen LogP contribution is 2.36.